The van der Waals surface area contributed by atoms with Crippen molar-refractivity contribution in [1.29, 1.82) is 0 Å². The van der Waals surface area contributed by atoms with Gasteiger partial charge in [0.2, 0.25) is 0 Å². The Morgan fingerprint density at radius 3 is 2.42 bits per heavy atom. The molecule has 2 aromatic rings. The molecule has 0 aliphatic carbocycles. The van der Waals surface area contributed by atoms with Gasteiger partial charge in [0.1, 0.15) is 0 Å². The number of nitrogens with one attached hydrogen (secondary N) is 1. The highest BCUT2D eigenvalue weighted by molar-refractivity contribution is 5.27. The summed E-state index contributed by atoms with van der Waals surface area (Å²) in [7, 11) is 0. The van der Waals surface area contributed by atoms with E-state index in [1.807, 2.05) is 30.8 Å². The topological polar surface area (TPSA) is 42.7 Å². The van der Waals surface area contributed by atoms with E-state index in [1.165, 1.54) is 5.56 Å². The predicted molar refractivity (Wildman–Crippen MR) is 77.4 cm³/mol. The Hall–Kier alpha value is -1.68. The van der Waals surface area contributed by atoms with Crippen molar-refractivity contribution >= 4 is 0 Å². The molecule has 2 aromatic heterocycles. The third kappa shape index (κ3) is 3.64. The van der Waals surface area contributed by atoms with E-state index in [2.05, 4.69) is 48.3 Å². The smallest absolute Gasteiger partial charge is 0.153 e. The van der Waals surface area contributed by atoms with Gasteiger partial charge in [0.05, 0.1) is 5.69 Å². The first-order chi connectivity index (χ1) is 8.85. The Kier molecular flexibility index (Phi) is 3.71. The van der Waals surface area contributed by atoms with E-state index in [1.54, 1.807) is 0 Å². The van der Waals surface area contributed by atoms with Gasteiger partial charge in [-0.3, -0.25) is 0 Å². The van der Waals surface area contributed by atoms with E-state index in [0.717, 1.165) is 23.8 Å². The fourth-order valence-electron chi connectivity index (χ4n) is 1.87. The van der Waals surface area contributed by atoms with Crippen LogP contribution in [0.2, 0.25) is 0 Å². The second kappa shape index (κ2) is 5.13. The molecule has 0 spiro atoms. The zero-order valence-corrected chi connectivity index (χ0v) is 12.4. The number of hydrogen-bond acceptors (Lipinski definition) is 3. The zero-order chi connectivity index (χ0) is 14.0. The van der Waals surface area contributed by atoms with Crippen LogP contribution in [0.1, 0.15) is 37.7 Å². The van der Waals surface area contributed by atoms with Crippen LogP contribution < -0.4 is 5.32 Å². The van der Waals surface area contributed by atoms with E-state index >= 15 is 0 Å². The molecule has 19 heavy (non-hydrogen) atoms. The van der Waals surface area contributed by atoms with Crippen molar-refractivity contribution in [2.45, 2.75) is 46.7 Å². The molecule has 0 aromatic carbocycles. The monoisotopic (exact) mass is 258 g/mol. The molecule has 102 valence electrons. The van der Waals surface area contributed by atoms with Crippen LogP contribution in [0.5, 0.6) is 0 Å². The Morgan fingerprint density at radius 1 is 1.21 bits per heavy atom. The third-order valence-corrected chi connectivity index (χ3v) is 2.86. The molecule has 4 heteroatoms. The van der Waals surface area contributed by atoms with E-state index in [-0.39, 0.29) is 5.54 Å². The van der Waals surface area contributed by atoms with Crippen molar-refractivity contribution in [3.8, 4) is 5.82 Å². The molecule has 0 saturated heterocycles. The van der Waals surface area contributed by atoms with E-state index in [9.17, 15) is 0 Å². The standard InChI is InChI=1S/C15H22N4/c1-11-8-12(2)19(18-11)14-7-6-13(9-16-14)10-17-15(3,4)5/h6-9,17H,10H2,1-5H3. The lowest BCUT2D eigenvalue weighted by Crippen LogP contribution is -2.35. The molecule has 4 nitrogen and oxygen atoms in total. The van der Waals surface area contributed by atoms with Gasteiger partial charge in [0.15, 0.2) is 5.82 Å². The first-order valence-electron chi connectivity index (χ1n) is 6.59. The average Bonchev–Trinajstić information content (AvgIpc) is 2.66. The van der Waals surface area contributed by atoms with Crippen molar-refractivity contribution in [1.82, 2.24) is 20.1 Å². The van der Waals surface area contributed by atoms with Gasteiger partial charge in [-0.2, -0.15) is 5.10 Å². The van der Waals surface area contributed by atoms with Crippen LogP contribution in [0.15, 0.2) is 24.4 Å². The zero-order valence-electron chi connectivity index (χ0n) is 12.4. The SMILES string of the molecule is Cc1cc(C)n(-c2ccc(CNC(C)(C)C)cn2)n1. The normalized spacial score (nSPS) is 11.8. The first-order valence-corrected chi connectivity index (χ1v) is 6.59. The molecule has 0 aliphatic rings. The summed E-state index contributed by atoms with van der Waals surface area (Å²) in [6, 6.07) is 6.16. The van der Waals surface area contributed by atoms with Crippen LogP contribution >= 0.6 is 0 Å². The highest BCUT2D eigenvalue weighted by Gasteiger charge is 2.09. The predicted octanol–water partition coefficient (Wildman–Crippen LogP) is 2.77. The minimum Gasteiger partial charge on any atom is -0.308 e. The van der Waals surface area contributed by atoms with Crippen molar-refractivity contribution in [3.63, 3.8) is 0 Å². The number of pyridine rings is 1. The number of aromatic nitrogens is 3. The van der Waals surface area contributed by atoms with Crippen LogP contribution in [0.3, 0.4) is 0 Å². The molecule has 0 unspecified atom stereocenters. The second-order valence-corrected chi connectivity index (χ2v) is 5.97. The van der Waals surface area contributed by atoms with E-state index < -0.39 is 0 Å². The van der Waals surface area contributed by atoms with Gasteiger partial charge in [-0.05, 0) is 52.3 Å². The van der Waals surface area contributed by atoms with Crippen LogP contribution in [0.25, 0.3) is 5.82 Å². The van der Waals surface area contributed by atoms with Gasteiger partial charge in [0.25, 0.3) is 0 Å². The van der Waals surface area contributed by atoms with Gasteiger partial charge >= 0.3 is 0 Å². The number of rotatable bonds is 3. The van der Waals surface area contributed by atoms with Crippen molar-refractivity contribution in [2.75, 3.05) is 0 Å². The molecule has 0 saturated carbocycles. The van der Waals surface area contributed by atoms with Crippen LogP contribution in [0, 0.1) is 13.8 Å². The van der Waals surface area contributed by atoms with Gasteiger partial charge in [-0.25, -0.2) is 9.67 Å². The lowest BCUT2D eigenvalue weighted by molar-refractivity contribution is 0.424. The Morgan fingerprint density at radius 2 is 1.95 bits per heavy atom. The Labute approximate surface area is 114 Å². The van der Waals surface area contributed by atoms with E-state index in [4.69, 9.17) is 0 Å². The molecule has 0 aliphatic heterocycles. The van der Waals surface area contributed by atoms with Crippen LogP contribution in [-0.2, 0) is 6.54 Å². The number of nitrogens with zero attached hydrogens (tertiary/aromatic N) is 3. The summed E-state index contributed by atoms with van der Waals surface area (Å²) in [5, 5.41) is 7.88. The average molecular weight is 258 g/mol. The van der Waals surface area contributed by atoms with E-state index in [0.29, 0.717) is 0 Å². The summed E-state index contributed by atoms with van der Waals surface area (Å²) in [6.45, 7) is 11.3. The molecule has 0 amide bonds. The fraction of sp³-hybridized carbons (Fsp3) is 0.467. The number of hydrogen-bond donors (Lipinski definition) is 1. The molecular formula is C15H22N4. The third-order valence-electron chi connectivity index (χ3n) is 2.86. The molecule has 2 heterocycles. The van der Waals surface area contributed by atoms with Crippen LogP contribution in [-0.4, -0.2) is 20.3 Å². The van der Waals surface area contributed by atoms with Crippen LogP contribution in [0.4, 0.5) is 0 Å². The highest BCUT2D eigenvalue weighted by atomic mass is 15.3. The molecular weight excluding hydrogens is 236 g/mol. The molecule has 0 atom stereocenters. The molecule has 0 fully saturated rings. The maximum Gasteiger partial charge on any atom is 0.153 e. The fourth-order valence-corrected chi connectivity index (χ4v) is 1.87. The Balaban J connectivity index is 2.12. The summed E-state index contributed by atoms with van der Waals surface area (Å²) < 4.78 is 1.87. The minimum absolute atomic E-state index is 0.119. The first kappa shape index (κ1) is 13.7. The van der Waals surface area contributed by atoms with Gasteiger partial charge in [0, 0.05) is 24.0 Å². The molecule has 1 N–H and O–H groups in total. The lowest BCUT2D eigenvalue weighted by Gasteiger charge is -2.20. The maximum atomic E-state index is 4.48. The van der Waals surface area contributed by atoms with Gasteiger partial charge in [-0.15, -0.1) is 0 Å². The number of aryl methyl sites for hydroxylation is 2. The highest BCUT2D eigenvalue weighted by Crippen LogP contribution is 2.11. The minimum atomic E-state index is 0.119. The van der Waals surface area contributed by atoms with Gasteiger partial charge < -0.3 is 5.32 Å². The molecule has 2 rings (SSSR count). The summed E-state index contributed by atoms with van der Waals surface area (Å²) >= 11 is 0. The molecule has 0 radical (unpaired) electrons. The second-order valence-electron chi connectivity index (χ2n) is 5.97. The van der Waals surface area contributed by atoms with Gasteiger partial charge in [-0.1, -0.05) is 6.07 Å². The largest absolute Gasteiger partial charge is 0.308 e. The maximum absolute atomic E-state index is 4.48. The molecule has 0 bridgehead atoms. The quantitative estimate of drug-likeness (QED) is 0.920. The summed E-state index contributed by atoms with van der Waals surface area (Å²) in [4.78, 5) is 4.48. The summed E-state index contributed by atoms with van der Waals surface area (Å²) in [5.41, 5.74) is 3.41. The Bertz CT molecular complexity index is 547. The van der Waals surface area contributed by atoms with Crippen molar-refractivity contribution in [2.24, 2.45) is 0 Å². The lowest BCUT2D eigenvalue weighted by atomic mass is 10.1. The van der Waals surface area contributed by atoms with Crippen molar-refractivity contribution in [3.05, 3.63) is 41.3 Å². The summed E-state index contributed by atoms with van der Waals surface area (Å²) in [6.07, 6.45) is 1.91. The summed E-state index contributed by atoms with van der Waals surface area (Å²) in [5.74, 6) is 0.866. The van der Waals surface area contributed by atoms with Crippen molar-refractivity contribution < 1.29 is 0 Å².